The van der Waals surface area contributed by atoms with Crippen LogP contribution in [0.15, 0.2) is 12.3 Å². The van der Waals surface area contributed by atoms with E-state index in [2.05, 4.69) is 4.98 Å². The van der Waals surface area contributed by atoms with E-state index in [0.717, 1.165) is 5.69 Å². The molecule has 1 aromatic heterocycles. The minimum Gasteiger partial charge on any atom is -0.397 e. The van der Waals surface area contributed by atoms with Gasteiger partial charge in [-0.2, -0.15) is 5.26 Å². The van der Waals surface area contributed by atoms with Crippen molar-refractivity contribution in [3.05, 3.63) is 18.0 Å². The van der Waals surface area contributed by atoms with Gasteiger partial charge in [0.05, 0.1) is 18.5 Å². The number of nitrogens with two attached hydrogens (primary N) is 2. The lowest BCUT2D eigenvalue weighted by atomic mass is 10.2. The SMILES string of the molecule is N#CCC(N)c1cc(N)c[nH]1. The van der Waals surface area contributed by atoms with E-state index >= 15 is 0 Å². The summed E-state index contributed by atoms with van der Waals surface area (Å²) in [6.07, 6.45) is 1.96. The summed E-state index contributed by atoms with van der Waals surface area (Å²) in [5.41, 5.74) is 12.5. The van der Waals surface area contributed by atoms with Crippen molar-refractivity contribution < 1.29 is 0 Å². The molecule has 11 heavy (non-hydrogen) atoms. The van der Waals surface area contributed by atoms with Crippen LogP contribution in [0.2, 0.25) is 0 Å². The van der Waals surface area contributed by atoms with E-state index in [9.17, 15) is 0 Å². The van der Waals surface area contributed by atoms with Gasteiger partial charge in [0.25, 0.3) is 0 Å². The van der Waals surface area contributed by atoms with Crippen molar-refractivity contribution in [3.63, 3.8) is 0 Å². The van der Waals surface area contributed by atoms with Crippen LogP contribution in [0.5, 0.6) is 0 Å². The van der Waals surface area contributed by atoms with E-state index < -0.39 is 0 Å². The van der Waals surface area contributed by atoms with Gasteiger partial charge >= 0.3 is 0 Å². The molecule has 0 amide bonds. The average molecular weight is 150 g/mol. The molecule has 1 unspecified atom stereocenters. The second-order valence-corrected chi connectivity index (χ2v) is 2.36. The van der Waals surface area contributed by atoms with Gasteiger partial charge in [-0.15, -0.1) is 0 Å². The number of nitrogen functional groups attached to an aromatic ring is 1. The summed E-state index contributed by atoms with van der Waals surface area (Å²) in [5.74, 6) is 0. The summed E-state index contributed by atoms with van der Waals surface area (Å²) in [4.78, 5) is 2.89. The van der Waals surface area contributed by atoms with Crippen molar-refractivity contribution in [2.24, 2.45) is 5.73 Å². The Morgan fingerprint density at radius 2 is 2.45 bits per heavy atom. The molecular weight excluding hydrogens is 140 g/mol. The molecule has 0 aliphatic heterocycles. The molecule has 0 fully saturated rings. The first-order valence-electron chi connectivity index (χ1n) is 3.30. The molecule has 1 rings (SSSR count). The zero-order valence-corrected chi connectivity index (χ0v) is 6.04. The highest BCUT2D eigenvalue weighted by atomic mass is 14.8. The highest BCUT2D eigenvalue weighted by molar-refractivity contribution is 5.38. The summed E-state index contributed by atoms with van der Waals surface area (Å²) in [7, 11) is 0. The summed E-state index contributed by atoms with van der Waals surface area (Å²) in [5, 5.41) is 8.33. The van der Waals surface area contributed by atoms with Gasteiger partial charge in [-0.25, -0.2) is 0 Å². The number of anilines is 1. The van der Waals surface area contributed by atoms with Gasteiger partial charge in [-0.3, -0.25) is 0 Å². The van der Waals surface area contributed by atoms with Gasteiger partial charge in [0.1, 0.15) is 0 Å². The largest absolute Gasteiger partial charge is 0.397 e. The highest BCUT2D eigenvalue weighted by Crippen LogP contribution is 2.13. The van der Waals surface area contributed by atoms with Crippen LogP contribution >= 0.6 is 0 Å². The molecule has 0 saturated heterocycles. The zero-order chi connectivity index (χ0) is 8.27. The van der Waals surface area contributed by atoms with Crippen LogP contribution in [0.3, 0.4) is 0 Å². The Hall–Kier alpha value is -1.47. The summed E-state index contributed by atoms with van der Waals surface area (Å²) in [6.45, 7) is 0. The molecule has 0 saturated carbocycles. The number of hydrogen-bond donors (Lipinski definition) is 3. The summed E-state index contributed by atoms with van der Waals surface area (Å²) < 4.78 is 0. The van der Waals surface area contributed by atoms with Crippen molar-refractivity contribution in [2.75, 3.05) is 5.73 Å². The molecule has 1 aromatic rings. The van der Waals surface area contributed by atoms with Crippen LogP contribution in [0.4, 0.5) is 5.69 Å². The van der Waals surface area contributed by atoms with Crippen LogP contribution in [0.1, 0.15) is 18.2 Å². The Bertz CT molecular complexity index is 270. The molecule has 0 radical (unpaired) electrons. The molecule has 0 bridgehead atoms. The highest BCUT2D eigenvalue weighted by Gasteiger charge is 2.05. The van der Waals surface area contributed by atoms with Crippen molar-refractivity contribution in [1.29, 1.82) is 5.26 Å². The second-order valence-electron chi connectivity index (χ2n) is 2.36. The lowest BCUT2D eigenvalue weighted by Gasteiger charge is -2.02. The first-order valence-corrected chi connectivity index (χ1v) is 3.30. The first-order chi connectivity index (χ1) is 5.24. The quantitative estimate of drug-likeness (QED) is 0.573. The van der Waals surface area contributed by atoms with Gasteiger partial charge in [-0.1, -0.05) is 0 Å². The van der Waals surface area contributed by atoms with Crippen molar-refractivity contribution >= 4 is 5.69 Å². The fourth-order valence-corrected chi connectivity index (χ4v) is 0.852. The van der Waals surface area contributed by atoms with E-state index in [1.165, 1.54) is 0 Å². The van der Waals surface area contributed by atoms with Gasteiger partial charge < -0.3 is 16.5 Å². The lowest BCUT2D eigenvalue weighted by Crippen LogP contribution is -2.09. The number of hydrogen-bond acceptors (Lipinski definition) is 3. The van der Waals surface area contributed by atoms with Crippen LogP contribution < -0.4 is 11.5 Å². The number of nitriles is 1. The molecule has 4 nitrogen and oxygen atoms in total. The smallest absolute Gasteiger partial charge is 0.0642 e. The third kappa shape index (κ3) is 1.72. The van der Waals surface area contributed by atoms with E-state index in [4.69, 9.17) is 16.7 Å². The molecule has 0 spiro atoms. The van der Waals surface area contributed by atoms with Crippen molar-refractivity contribution in [1.82, 2.24) is 4.98 Å². The van der Waals surface area contributed by atoms with Gasteiger partial charge in [-0.05, 0) is 6.07 Å². The Kier molecular flexibility index (Phi) is 2.14. The number of aromatic amines is 1. The molecule has 0 aliphatic rings. The van der Waals surface area contributed by atoms with Crippen LogP contribution in [-0.4, -0.2) is 4.98 Å². The molecule has 0 aromatic carbocycles. The summed E-state index contributed by atoms with van der Waals surface area (Å²) in [6, 6.07) is 3.47. The maximum atomic E-state index is 8.33. The maximum Gasteiger partial charge on any atom is 0.0642 e. The summed E-state index contributed by atoms with van der Waals surface area (Å²) >= 11 is 0. The molecule has 58 valence electrons. The van der Waals surface area contributed by atoms with Gasteiger partial charge in [0.2, 0.25) is 0 Å². The predicted molar refractivity (Wildman–Crippen MR) is 42.4 cm³/mol. The Balaban J connectivity index is 2.70. The van der Waals surface area contributed by atoms with E-state index in [0.29, 0.717) is 12.1 Å². The third-order valence-electron chi connectivity index (χ3n) is 1.44. The topological polar surface area (TPSA) is 91.6 Å². The Labute approximate surface area is 64.8 Å². The fourth-order valence-electron chi connectivity index (χ4n) is 0.852. The van der Waals surface area contributed by atoms with Crippen LogP contribution in [0.25, 0.3) is 0 Å². The van der Waals surface area contributed by atoms with E-state index in [1.807, 2.05) is 6.07 Å². The molecule has 4 heteroatoms. The monoisotopic (exact) mass is 150 g/mol. The number of nitrogens with one attached hydrogen (secondary N) is 1. The van der Waals surface area contributed by atoms with E-state index in [-0.39, 0.29) is 6.04 Å². The zero-order valence-electron chi connectivity index (χ0n) is 6.04. The fraction of sp³-hybridized carbons (Fsp3) is 0.286. The minimum absolute atomic E-state index is 0.253. The van der Waals surface area contributed by atoms with Crippen molar-refractivity contribution in [3.8, 4) is 6.07 Å². The minimum atomic E-state index is -0.253. The Morgan fingerprint density at radius 3 is 2.91 bits per heavy atom. The van der Waals surface area contributed by atoms with Crippen molar-refractivity contribution in [2.45, 2.75) is 12.5 Å². The standard InChI is InChI=1S/C7H10N4/c8-2-1-6(10)7-3-5(9)4-11-7/h3-4,6,11H,1,9-10H2. The van der Waals surface area contributed by atoms with Gasteiger partial charge in [0.15, 0.2) is 0 Å². The van der Waals surface area contributed by atoms with E-state index in [1.54, 1.807) is 12.3 Å². The molecule has 5 N–H and O–H groups in total. The maximum absolute atomic E-state index is 8.33. The molecule has 1 atom stereocenters. The first kappa shape index (κ1) is 7.63. The molecular formula is C7H10N4. The molecule has 1 heterocycles. The lowest BCUT2D eigenvalue weighted by molar-refractivity contribution is 0.726. The normalized spacial score (nSPS) is 12.4. The van der Waals surface area contributed by atoms with Crippen LogP contribution in [0, 0.1) is 11.3 Å². The third-order valence-corrected chi connectivity index (χ3v) is 1.44. The number of nitrogens with zero attached hydrogens (tertiary/aromatic N) is 1. The average Bonchev–Trinajstić information content (AvgIpc) is 2.36. The van der Waals surface area contributed by atoms with Gasteiger partial charge in [0, 0.05) is 17.6 Å². The number of H-pyrrole nitrogens is 1. The number of aromatic nitrogens is 1. The molecule has 0 aliphatic carbocycles. The van der Waals surface area contributed by atoms with Crippen LogP contribution in [-0.2, 0) is 0 Å². The predicted octanol–water partition coefficient (Wildman–Crippen LogP) is 0.510. The number of rotatable bonds is 2. The second kappa shape index (κ2) is 3.08. The Morgan fingerprint density at radius 1 is 1.73 bits per heavy atom.